The molecule has 1 radical (unpaired) electrons. The van der Waals surface area contributed by atoms with Gasteiger partial charge in [0, 0.05) is 6.61 Å². The third-order valence-electron chi connectivity index (χ3n) is 0.702. The van der Waals surface area contributed by atoms with Crippen molar-refractivity contribution in [2.75, 3.05) is 6.61 Å². The summed E-state index contributed by atoms with van der Waals surface area (Å²) >= 11 is 0. The maximum Gasteiger partial charge on any atom is 0.292 e. The van der Waals surface area contributed by atoms with Crippen LogP contribution in [0.15, 0.2) is 0 Å². The number of hydrogen-bond acceptors (Lipinski definition) is 1. The molecule has 2 nitrogen and oxygen atoms in total. The van der Waals surface area contributed by atoms with Gasteiger partial charge in [-0.1, -0.05) is 0 Å². The first kappa shape index (κ1) is 5.98. The summed E-state index contributed by atoms with van der Waals surface area (Å²) in [5.74, 6) is 0. The van der Waals surface area contributed by atoms with Gasteiger partial charge >= 0.3 is 0 Å². The first-order valence-corrected chi connectivity index (χ1v) is 1.93. The number of hydrogen-bond donors (Lipinski definition) is 0. The summed E-state index contributed by atoms with van der Waals surface area (Å²) in [6.07, 6.45) is 2.38. The standard InChI is InChI=1S/C3H6BO.H2O/c1-2-4-5-3-1;/h1-3H2;1H2. The van der Waals surface area contributed by atoms with Gasteiger partial charge < -0.3 is 10.1 Å². The van der Waals surface area contributed by atoms with Crippen LogP contribution in [0.1, 0.15) is 6.42 Å². The highest BCUT2D eigenvalue weighted by molar-refractivity contribution is 6.27. The first-order valence-electron chi connectivity index (χ1n) is 1.93. The molecule has 0 amide bonds. The van der Waals surface area contributed by atoms with Crippen LogP contribution >= 0.6 is 0 Å². The van der Waals surface area contributed by atoms with Crippen LogP contribution in [0.2, 0.25) is 6.32 Å². The molecular formula is C3H8BO2. The second kappa shape index (κ2) is 3.19. The van der Waals surface area contributed by atoms with Crippen molar-refractivity contribution in [3.63, 3.8) is 0 Å². The van der Waals surface area contributed by atoms with Gasteiger partial charge in [0.1, 0.15) is 0 Å². The third kappa shape index (κ3) is 1.43. The molecule has 0 bridgehead atoms. The van der Waals surface area contributed by atoms with Gasteiger partial charge in [-0.25, -0.2) is 0 Å². The maximum absolute atomic E-state index is 4.82. The molecule has 2 N–H and O–H groups in total. The summed E-state index contributed by atoms with van der Waals surface area (Å²) in [5, 5.41) is 0. The summed E-state index contributed by atoms with van der Waals surface area (Å²) < 4.78 is 4.82. The van der Waals surface area contributed by atoms with Crippen LogP contribution in [0, 0.1) is 0 Å². The Kier molecular flexibility index (Phi) is 3.18. The Balaban J connectivity index is 0.000000250. The highest BCUT2D eigenvalue weighted by Gasteiger charge is 1.98. The first-order chi connectivity index (χ1) is 2.50. The highest BCUT2D eigenvalue weighted by atomic mass is 16.4. The molecule has 0 saturated carbocycles. The lowest BCUT2D eigenvalue weighted by Crippen LogP contribution is -1.80. The van der Waals surface area contributed by atoms with E-state index in [-0.39, 0.29) is 5.48 Å². The van der Waals surface area contributed by atoms with E-state index < -0.39 is 0 Å². The molecular weight excluding hydrogens is 78.8 g/mol. The molecule has 1 rings (SSSR count). The Morgan fingerprint density at radius 2 is 2.33 bits per heavy atom. The zero-order valence-electron chi connectivity index (χ0n) is 3.61. The molecule has 0 aliphatic carbocycles. The van der Waals surface area contributed by atoms with Crippen molar-refractivity contribution in [3.05, 3.63) is 0 Å². The van der Waals surface area contributed by atoms with Gasteiger partial charge in [0.05, 0.1) is 0 Å². The van der Waals surface area contributed by atoms with E-state index in [2.05, 4.69) is 0 Å². The summed E-state index contributed by atoms with van der Waals surface area (Å²) in [6, 6.07) is 0. The predicted molar refractivity (Wildman–Crippen MR) is 24.7 cm³/mol. The van der Waals surface area contributed by atoms with Gasteiger partial charge in [0.2, 0.25) is 0 Å². The Morgan fingerprint density at radius 3 is 2.50 bits per heavy atom. The van der Waals surface area contributed by atoms with E-state index in [1.165, 1.54) is 6.42 Å². The molecule has 0 aromatic rings. The van der Waals surface area contributed by atoms with Gasteiger partial charge in [0.15, 0.2) is 0 Å². The van der Waals surface area contributed by atoms with Gasteiger partial charge in [-0.05, 0) is 12.7 Å². The molecule has 6 heavy (non-hydrogen) atoms. The van der Waals surface area contributed by atoms with E-state index in [1.807, 2.05) is 7.48 Å². The topological polar surface area (TPSA) is 40.7 Å². The van der Waals surface area contributed by atoms with Crippen LogP contribution in [-0.2, 0) is 4.65 Å². The lowest BCUT2D eigenvalue weighted by atomic mass is 9.98. The van der Waals surface area contributed by atoms with Crippen LogP contribution < -0.4 is 0 Å². The SMILES string of the molecule is O.[B]1CCCO1. The van der Waals surface area contributed by atoms with Crippen molar-refractivity contribution in [3.8, 4) is 0 Å². The van der Waals surface area contributed by atoms with Gasteiger partial charge in [-0.3, -0.25) is 0 Å². The van der Waals surface area contributed by atoms with E-state index in [0.717, 1.165) is 12.9 Å². The normalized spacial score (nSPS) is 18.7. The Morgan fingerprint density at radius 1 is 1.50 bits per heavy atom. The summed E-state index contributed by atoms with van der Waals surface area (Å²) in [6.45, 7) is 0.944. The molecule has 1 fully saturated rings. The molecule has 1 heterocycles. The highest BCUT2D eigenvalue weighted by Crippen LogP contribution is 1.97. The largest absolute Gasteiger partial charge is 0.441 e. The fourth-order valence-electron chi connectivity index (χ4n) is 0.417. The Labute approximate surface area is 38.1 Å². The monoisotopic (exact) mass is 87.1 g/mol. The molecule has 0 atom stereocenters. The van der Waals surface area contributed by atoms with Gasteiger partial charge in [-0.15, -0.1) is 0 Å². The summed E-state index contributed by atoms with van der Waals surface area (Å²) in [7, 11) is 1.86. The van der Waals surface area contributed by atoms with Crippen molar-refractivity contribution >= 4 is 7.48 Å². The van der Waals surface area contributed by atoms with Gasteiger partial charge in [-0.2, -0.15) is 0 Å². The van der Waals surface area contributed by atoms with Crippen molar-refractivity contribution in [1.82, 2.24) is 0 Å². The van der Waals surface area contributed by atoms with Crippen molar-refractivity contribution in [1.29, 1.82) is 0 Å². The van der Waals surface area contributed by atoms with E-state index >= 15 is 0 Å². The van der Waals surface area contributed by atoms with Crippen molar-refractivity contribution in [2.45, 2.75) is 12.7 Å². The fraction of sp³-hybridized carbons (Fsp3) is 1.00. The van der Waals surface area contributed by atoms with E-state index in [9.17, 15) is 0 Å². The zero-order chi connectivity index (χ0) is 3.54. The van der Waals surface area contributed by atoms with Crippen LogP contribution in [-0.4, -0.2) is 19.6 Å². The molecule has 0 aromatic heterocycles. The third-order valence-corrected chi connectivity index (χ3v) is 0.702. The zero-order valence-corrected chi connectivity index (χ0v) is 3.61. The molecule has 0 spiro atoms. The molecule has 0 aromatic carbocycles. The quantitative estimate of drug-likeness (QED) is 0.371. The minimum Gasteiger partial charge on any atom is -0.441 e. The Bertz CT molecular complexity index is 20.4. The smallest absolute Gasteiger partial charge is 0.292 e. The fourth-order valence-corrected chi connectivity index (χ4v) is 0.417. The molecule has 35 valence electrons. The van der Waals surface area contributed by atoms with Gasteiger partial charge in [0.25, 0.3) is 7.48 Å². The average Bonchev–Trinajstić information content (AvgIpc) is 1.76. The second-order valence-corrected chi connectivity index (χ2v) is 1.18. The number of rotatable bonds is 0. The molecule has 1 aliphatic heterocycles. The van der Waals surface area contributed by atoms with E-state index in [4.69, 9.17) is 4.65 Å². The average molecular weight is 86.9 g/mol. The Hall–Kier alpha value is -0.0151. The van der Waals surface area contributed by atoms with Crippen LogP contribution in [0.3, 0.4) is 0 Å². The van der Waals surface area contributed by atoms with E-state index in [0.29, 0.717) is 0 Å². The minimum atomic E-state index is 0. The maximum atomic E-state index is 4.82. The van der Waals surface area contributed by atoms with Crippen LogP contribution in [0.5, 0.6) is 0 Å². The molecule has 3 heteroatoms. The predicted octanol–water partition coefficient (Wildman–Crippen LogP) is -0.381. The lowest BCUT2D eigenvalue weighted by molar-refractivity contribution is 0.374. The molecule has 1 aliphatic rings. The van der Waals surface area contributed by atoms with Crippen molar-refractivity contribution < 1.29 is 10.1 Å². The molecule has 1 saturated heterocycles. The molecule has 0 unspecified atom stereocenters. The van der Waals surface area contributed by atoms with Crippen LogP contribution in [0.4, 0.5) is 0 Å². The lowest BCUT2D eigenvalue weighted by Gasteiger charge is -1.76. The minimum absolute atomic E-state index is 0. The van der Waals surface area contributed by atoms with Crippen LogP contribution in [0.25, 0.3) is 0 Å². The summed E-state index contributed by atoms with van der Waals surface area (Å²) in [4.78, 5) is 0. The second-order valence-electron chi connectivity index (χ2n) is 1.18. The summed E-state index contributed by atoms with van der Waals surface area (Å²) in [5.41, 5.74) is 0. The van der Waals surface area contributed by atoms with Crippen molar-refractivity contribution in [2.24, 2.45) is 0 Å². The van der Waals surface area contributed by atoms with E-state index in [1.54, 1.807) is 0 Å².